The Balaban J connectivity index is 4.09. The molecular weight excluding hydrogens is 244 g/mol. The molecule has 0 aromatic carbocycles. The summed E-state index contributed by atoms with van der Waals surface area (Å²) in [6.07, 6.45) is -1.16. The van der Waals surface area contributed by atoms with E-state index in [0.717, 1.165) is 0 Å². The molecule has 0 saturated heterocycles. The number of hydrogen-bond acceptors (Lipinski definition) is 6. The van der Waals surface area contributed by atoms with Gasteiger partial charge in [0.1, 0.15) is 0 Å². The molecule has 0 heterocycles. The molecule has 0 amide bonds. The number of ether oxygens (including phenoxy) is 1. The highest BCUT2D eigenvalue weighted by atomic mass is 16.6. The summed E-state index contributed by atoms with van der Waals surface area (Å²) in [5.74, 6) is -6.07. The molecule has 7 heteroatoms. The van der Waals surface area contributed by atoms with Crippen molar-refractivity contribution in [1.29, 1.82) is 0 Å². The van der Waals surface area contributed by atoms with E-state index in [1.807, 2.05) is 0 Å². The highest BCUT2D eigenvalue weighted by molar-refractivity contribution is 6.35. The molecule has 100 valence electrons. The normalized spacial score (nSPS) is 9.94. The van der Waals surface area contributed by atoms with Gasteiger partial charge in [-0.3, -0.25) is 14.4 Å². The summed E-state index contributed by atoms with van der Waals surface area (Å²) in [6, 6.07) is 0. The largest absolute Gasteiger partial charge is 0.476 e. The van der Waals surface area contributed by atoms with Crippen molar-refractivity contribution < 1.29 is 33.8 Å². The number of aliphatic carboxylic acids is 1. The van der Waals surface area contributed by atoms with Crippen LogP contribution in [0.1, 0.15) is 33.1 Å². The molecule has 7 nitrogen and oxygen atoms in total. The van der Waals surface area contributed by atoms with Gasteiger partial charge < -0.3 is 9.84 Å². The van der Waals surface area contributed by atoms with Crippen LogP contribution in [-0.4, -0.2) is 34.6 Å². The molecule has 0 fully saturated rings. The van der Waals surface area contributed by atoms with Gasteiger partial charge in [-0.2, -0.15) is 0 Å². The maximum absolute atomic E-state index is 11.1. The average Bonchev–Trinajstić information content (AvgIpc) is 2.24. The molecule has 0 aliphatic heterocycles. The Bertz CT molecular complexity index is 381. The zero-order chi connectivity index (χ0) is 14.3. The predicted octanol–water partition coefficient (Wildman–Crippen LogP) is 0.105. The van der Waals surface area contributed by atoms with Crippen LogP contribution < -0.4 is 0 Å². The van der Waals surface area contributed by atoms with E-state index in [9.17, 15) is 24.0 Å². The number of rotatable bonds is 7. The number of Topliss-reactive ketones (excluding diaryl/α,β-unsaturated/α-hetero) is 2. The maximum atomic E-state index is 11.1. The number of hydrogen-bond donors (Lipinski definition) is 1. The molecule has 0 aromatic heterocycles. The third kappa shape index (κ3) is 6.51. The van der Waals surface area contributed by atoms with Crippen LogP contribution in [0.4, 0.5) is 0 Å². The van der Waals surface area contributed by atoms with Gasteiger partial charge in [0.25, 0.3) is 0 Å². The van der Waals surface area contributed by atoms with Crippen LogP contribution in [0.15, 0.2) is 0 Å². The van der Waals surface area contributed by atoms with E-state index >= 15 is 0 Å². The van der Waals surface area contributed by atoms with Gasteiger partial charge in [0, 0.05) is 12.8 Å². The van der Waals surface area contributed by atoms with Crippen LogP contribution in [0.2, 0.25) is 0 Å². The summed E-state index contributed by atoms with van der Waals surface area (Å²) in [7, 11) is 0. The lowest BCUT2D eigenvalue weighted by atomic mass is 10.1. The van der Waals surface area contributed by atoms with Crippen molar-refractivity contribution in [3.8, 4) is 0 Å². The van der Waals surface area contributed by atoms with Crippen molar-refractivity contribution in [2.75, 3.05) is 0 Å². The zero-order valence-corrected chi connectivity index (χ0v) is 10.1. The Morgan fingerprint density at radius 3 is 2.00 bits per heavy atom. The van der Waals surface area contributed by atoms with Crippen molar-refractivity contribution in [3.05, 3.63) is 0 Å². The zero-order valence-electron chi connectivity index (χ0n) is 10.1. The number of carbonyl (C=O) groups is 5. The maximum Gasteiger partial charge on any atom is 0.382 e. The topological polar surface area (TPSA) is 115 Å². The van der Waals surface area contributed by atoms with E-state index in [0.29, 0.717) is 0 Å². The lowest BCUT2D eigenvalue weighted by Crippen LogP contribution is -2.23. The van der Waals surface area contributed by atoms with Crippen LogP contribution in [0.3, 0.4) is 0 Å². The summed E-state index contributed by atoms with van der Waals surface area (Å²) >= 11 is 0. The van der Waals surface area contributed by atoms with Gasteiger partial charge in [-0.15, -0.1) is 0 Å². The van der Waals surface area contributed by atoms with Crippen molar-refractivity contribution in [2.45, 2.75) is 33.1 Å². The van der Waals surface area contributed by atoms with Crippen molar-refractivity contribution in [3.63, 3.8) is 0 Å². The minimum Gasteiger partial charge on any atom is -0.476 e. The molecule has 0 saturated carbocycles. The Labute approximate surface area is 103 Å². The van der Waals surface area contributed by atoms with Gasteiger partial charge in [-0.05, 0) is 5.92 Å². The lowest BCUT2D eigenvalue weighted by molar-refractivity contribution is -0.164. The number of carboxylic acid groups (broad SMARTS) is 1. The number of esters is 2. The van der Waals surface area contributed by atoms with E-state index in [4.69, 9.17) is 5.11 Å². The second-order valence-corrected chi connectivity index (χ2v) is 4.01. The Morgan fingerprint density at radius 2 is 1.56 bits per heavy atom. The molecule has 18 heavy (non-hydrogen) atoms. The Kier molecular flexibility index (Phi) is 6.48. The fraction of sp³-hybridized carbons (Fsp3) is 0.545. The Morgan fingerprint density at radius 1 is 1.00 bits per heavy atom. The van der Waals surface area contributed by atoms with E-state index in [1.54, 1.807) is 13.8 Å². The molecule has 0 spiro atoms. The van der Waals surface area contributed by atoms with E-state index in [2.05, 4.69) is 4.74 Å². The SMILES string of the molecule is CC(C)CC(=O)C(=O)OC(=O)CCC(=O)C(=O)O. The molecule has 0 bridgehead atoms. The third-order valence-corrected chi connectivity index (χ3v) is 1.82. The molecule has 0 aliphatic carbocycles. The molecule has 0 unspecified atom stereocenters. The van der Waals surface area contributed by atoms with E-state index in [-0.39, 0.29) is 12.3 Å². The predicted molar refractivity (Wildman–Crippen MR) is 57.4 cm³/mol. The van der Waals surface area contributed by atoms with Gasteiger partial charge in [-0.1, -0.05) is 13.8 Å². The first-order valence-corrected chi connectivity index (χ1v) is 5.28. The molecule has 0 aromatic rings. The minimum atomic E-state index is -1.66. The lowest BCUT2D eigenvalue weighted by Gasteiger charge is -2.03. The van der Waals surface area contributed by atoms with Gasteiger partial charge in [0.2, 0.25) is 11.6 Å². The summed E-state index contributed by atoms with van der Waals surface area (Å²) in [5, 5.41) is 8.24. The van der Waals surface area contributed by atoms with Gasteiger partial charge in [-0.25, -0.2) is 9.59 Å². The van der Waals surface area contributed by atoms with Crippen molar-refractivity contribution >= 4 is 29.5 Å². The molecule has 0 rings (SSSR count). The molecule has 0 aliphatic rings. The fourth-order valence-corrected chi connectivity index (χ4v) is 0.988. The van der Waals surface area contributed by atoms with Gasteiger partial charge in [0.05, 0.1) is 6.42 Å². The highest BCUT2D eigenvalue weighted by Crippen LogP contribution is 2.02. The van der Waals surface area contributed by atoms with Gasteiger partial charge >= 0.3 is 17.9 Å². The summed E-state index contributed by atoms with van der Waals surface area (Å²) in [5.41, 5.74) is 0. The summed E-state index contributed by atoms with van der Waals surface area (Å²) < 4.78 is 4.17. The summed E-state index contributed by atoms with van der Waals surface area (Å²) in [4.78, 5) is 54.0. The van der Waals surface area contributed by atoms with Crippen LogP contribution in [0, 0.1) is 5.92 Å². The van der Waals surface area contributed by atoms with Crippen LogP contribution in [0.5, 0.6) is 0 Å². The third-order valence-electron chi connectivity index (χ3n) is 1.82. The number of carbonyl (C=O) groups excluding carboxylic acids is 4. The Hall–Kier alpha value is -2.05. The molecule has 1 N–H and O–H groups in total. The monoisotopic (exact) mass is 258 g/mol. The van der Waals surface area contributed by atoms with E-state index < -0.39 is 42.3 Å². The molecule has 0 atom stereocenters. The quantitative estimate of drug-likeness (QED) is 0.391. The average molecular weight is 258 g/mol. The van der Waals surface area contributed by atoms with Crippen molar-refractivity contribution in [1.82, 2.24) is 0 Å². The fourth-order valence-electron chi connectivity index (χ4n) is 0.988. The second kappa shape index (κ2) is 7.31. The first kappa shape index (κ1) is 16.0. The number of ketones is 2. The van der Waals surface area contributed by atoms with Crippen LogP contribution in [0.25, 0.3) is 0 Å². The number of carboxylic acids is 1. The molecule has 0 radical (unpaired) electrons. The van der Waals surface area contributed by atoms with Crippen molar-refractivity contribution in [2.24, 2.45) is 5.92 Å². The first-order chi connectivity index (χ1) is 8.23. The smallest absolute Gasteiger partial charge is 0.382 e. The van der Waals surface area contributed by atoms with Crippen LogP contribution in [-0.2, 0) is 28.7 Å². The highest BCUT2D eigenvalue weighted by Gasteiger charge is 2.21. The second-order valence-electron chi connectivity index (χ2n) is 4.01. The van der Waals surface area contributed by atoms with Gasteiger partial charge in [0.15, 0.2) is 0 Å². The van der Waals surface area contributed by atoms with Crippen LogP contribution >= 0.6 is 0 Å². The summed E-state index contributed by atoms with van der Waals surface area (Å²) in [6.45, 7) is 3.44. The molecular formula is C11H14O7. The first-order valence-electron chi connectivity index (χ1n) is 5.28. The minimum absolute atomic E-state index is 0.0415. The van der Waals surface area contributed by atoms with E-state index in [1.165, 1.54) is 0 Å². The standard InChI is InChI=1S/C11H14O7/c1-6(2)5-8(13)11(17)18-9(14)4-3-7(12)10(15)16/h6H,3-5H2,1-2H3,(H,15,16).